The predicted octanol–water partition coefficient (Wildman–Crippen LogP) is 3.44. The van der Waals surface area contributed by atoms with Gasteiger partial charge in [-0.05, 0) is 36.9 Å². The maximum Gasteiger partial charge on any atom is 0.320 e. The van der Waals surface area contributed by atoms with E-state index in [-0.39, 0.29) is 5.41 Å². The normalized spacial score (nSPS) is 19.1. The first-order valence-corrected chi connectivity index (χ1v) is 8.50. The SMILES string of the molecule is COc1cc(C(C)(C)C)c(OC)cc1CN1CCCC[C@H]1C(=O)O. The summed E-state index contributed by atoms with van der Waals surface area (Å²) in [5.74, 6) is 0.865. The molecule has 0 amide bonds. The zero-order chi connectivity index (χ0) is 17.9. The first kappa shape index (κ1) is 18.6. The summed E-state index contributed by atoms with van der Waals surface area (Å²) in [6.07, 6.45) is 2.70. The van der Waals surface area contributed by atoms with Gasteiger partial charge in [0.1, 0.15) is 17.5 Å². The minimum atomic E-state index is -0.744. The van der Waals surface area contributed by atoms with E-state index in [2.05, 4.69) is 20.8 Å². The predicted molar refractivity (Wildman–Crippen MR) is 93.9 cm³/mol. The van der Waals surface area contributed by atoms with Crippen molar-refractivity contribution >= 4 is 5.97 Å². The molecule has 1 N–H and O–H groups in total. The number of carboxylic acids is 1. The van der Waals surface area contributed by atoms with Gasteiger partial charge in [0.25, 0.3) is 0 Å². The lowest BCUT2D eigenvalue weighted by molar-refractivity contribution is -0.144. The van der Waals surface area contributed by atoms with Crippen LogP contribution in [0, 0.1) is 0 Å². The van der Waals surface area contributed by atoms with Gasteiger partial charge in [0, 0.05) is 17.7 Å². The fourth-order valence-corrected chi connectivity index (χ4v) is 3.35. The van der Waals surface area contributed by atoms with E-state index in [1.807, 2.05) is 17.0 Å². The van der Waals surface area contributed by atoms with Gasteiger partial charge in [-0.2, -0.15) is 0 Å². The number of ether oxygens (including phenoxy) is 2. The number of likely N-dealkylation sites (tertiary alicyclic amines) is 1. The fraction of sp³-hybridized carbons (Fsp3) is 0.632. The molecule has 1 heterocycles. The molecule has 0 aromatic heterocycles. The smallest absolute Gasteiger partial charge is 0.320 e. The second-order valence-corrected chi connectivity index (χ2v) is 7.43. The van der Waals surface area contributed by atoms with Crippen LogP contribution in [0.5, 0.6) is 11.5 Å². The van der Waals surface area contributed by atoms with Gasteiger partial charge in [-0.15, -0.1) is 0 Å². The van der Waals surface area contributed by atoms with E-state index in [0.717, 1.165) is 42.0 Å². The van der Waals surface area contributed by atoms with Crippen LogP contribution in [-0.4, -0.2) is 42.8 Å². The Labute approximate surface area is 144 Å². The highest BCUT2D eigenvalue weighted by Gasteiger charge is 2.30. The number of methoxy groups -OCH3 is 2. The lowest BCUT2D eigenvalue weighted by atomic mass is 9.85. The summed E-state index contributed by atoms with van der Waals surface area (Å²) in [6.45, 7) is 7.75. The molecule has 1 aromatic rings. The maximum absolute atomic E-state index is 11.5. The molecule has 5 nitrogen and oxygen atoms in total. The van der Waals surface area contributed by atoms with Crippen molar-refractivity contribution in [3.8, 4) is 11.5 Å². The summed E-state index contributed by atoms with van der Waals surface area (Å²) in [5, 5.41) is 9.47. The molecule has 0 spiro atoms. The number of benzene rings is 1. The number of hydrogen-bond donors (Lipinski definition) is 1. The highest BCUT2D eigenvalue weighted by molar-refractivity contribution is 5.73. The van der Waals surface area contributed by atoms with Crippen molar-refractivity contribution in [1.29, 1.82) is 0 Å². The molecule has 0 aliphatic carbocycles. The van der Waals surface area contributed by atoms with Crippen LogP contribution in [0.3, 0.4) is 0 Å². The molecule has 134 valence electrons. The summed E-state index contributed by atoms with van der Waals surface area (Å²) in [5.41, 5.74) is 1.99. The van der Waals surface area contributed by atoms with Crippen molar-refractivity contribution in [3.05, 3.63) is 23.3 Å². The molecule has 1 aliphatic heterocycles. The average Bonchev–Trinajstić information content (AvgIpc) is 2.53. The Balaban J connectivity index is 2.37. The van der Waals surface area contributed by atoms with E-state index >= 15 is 0 Å². The molecule has 1 saturated heterocycles. The Bertz CT molecular complexity index is 592. The molecule has 5 heteroatoms. The third kappa shape index (κ3) is 4.01. The summed E-state index contributed by atoms with van der Waals surface area (Å²) >= 11 is 0. The molecule has 1 aromatic carbocycles. The van der Waals surface area contributed by atoms with Gasteiger partial charge in [0.05, 0.1) is 14.2 Å². The van der Waals surface area contributed by atoms with Gasteiger partial charge in [-0.1, -0.05) is 27.2 Å². The molecular weight excluding hydrogens is 306 g/mol. The van der Waals surface area contributed by atoms with Gasteiger partial charge in [0.15, 0.2) is 0 Å². The molecule has 1 atom stereocenters. The Hall–Kier alpha value is -1.75. The van der Waals surface area contributed by atoms with Crippen LogP contribution in [0.15, 0.2) is 12.1 Å². The monoisotopic (exact) mass is 335 g/mol. The lowest BCUT2D eigenvalue weighted by Crippen LogP contribution is -2.44. The molecule has 1 fully saturated rings. The van der Waals surface area contributed by atoms with Gasteiger partial charge in [0.2, 0.25) is 0 Å². The first-order chi connectivity index (χ1) is 11.3. The minimum absolute atomic E-state index is 0.0636. The van der Waals surface area contributed by atoms with Crippen LogP contribution in [-0.2, 0) is 16.8 Å². The van der Waals surface area contributed by atoms with Gasteiger partial charge >= 0.3 is 5.97 Å². The third-order valence-electron chi connectivity index (χ3n) is 4.68. The standard InChI is InChI=1S/C19H29NO4/c1-19(2,3)14-11-16(23-4)13(10-17(14)24-5)12-20-9-7-6-8-15(20)18(21)22/h10-11,15H,6-9,12H2,1-5H3,(H,21,22)/t15-/m0/s1. The Kier molecular flexibility index (Phi) is 5.75. The zero-order valence-electron chi connectivity index (χ0n) is 15.4. The minimum Gasteiger partial charge on any atom is -0.496 e. The van der Waals surface area contributed by atoms with Crippen molar-refractivity contribution in [2.75, 3.05) is 20.8 Å². The van der Waals surface area contributed by atoms with E-state index in [9.17, 15) is 9.90 Å². The second-order valence-electron chi connectivity index (χ2n) is 7.43. The number of nitrogens with zero attached hydrogens (tertiary/aromatic N) is 1. The maximum atomic E-state index is 11.5. The van der Waals surface area contributed by atoms with Crippen LogP contribution in [0.2, 0.25) is 0 Å². The molecule has 0 unspecified atom stereocenters. The van der Waals surface area contributed by atoms with E-state index in [1.165, 1.54) is 0 Å². The highest BCUT2D eigenvalue weighted by atomic mass is 16.5. The van der Waals surface area contributed by atoms with Crippen molar-refractivity contribution in [2.24, 2.45) is 0 Å². The van der Waals surface area contributed by atoms with Crippen molar-refractivity contribution in [3.63, 3.8) is 0 Å². The highest BCUT2D eigenvalue weighted by Crippen LogP contribution is 2.37. The lowest BCUT2D eigenvalue weighted by Gasteiger charge is -2.33. The fourth-order valence-electron chi connectivity index (χ4n) is 3.35. The Morgan fingerprint density at radius 1 is 1.21 bits per heavy atom. The average molecular weight is 335 g/mol. The molecule has 24 heavy (non-hydrogen) atoms. The van der Waals surface area contributed by atoms with Crippen molar-refractivity contribution < 1.29 is 19.4 Å². The van der Waals surface area contributed by atoms with Crippen LogP contribution in [0.4, 0.5) is 0 Å². The second kappa shape index (κ2) is 7.43. The summed E-state index contributed by atoms with van der Waals surface area (Å²) in [7, 11) is 3.32. The number of rotatable bonds is 5. The van der Waals surface area contributed by atoms with Crippen LogP contribution in [0.1, 0.15) is 51.2 Å². The number of piperidine rings is 1. The van der Waals surface area contributed by atoms with E-state index in [0.29, 0.717) is 13.0 Å². The van der Waals surface area contributed by atoms with E-state index < -0.39 is 12.0 Å². The zero-order valence-corrected chi connectivity index (χ0v) is 15.4. The Morgan fingerprint density at radius 2 is 1.88 bits per heavy atom. The Morgan fingerprint density at radius 3 is 2.42 bits per heavy atom. The quantitative estimate of drug-likeness (QED) is 0.893. The van der Waals surface area contributed by atoms with E-state index in [1.54, 1.807) is 14.2 Å². The summed E-state index contributed by atoms with van der Waals surface area (Å²) < 4.78 is 11.2. The number of carbonyl (C=O) groups is 1. The molecular formula is C19H29NO4. The van der Waals surface area contributed by atoms with Gasteiger partial charge in [-0.25, -0.2) is 0 Å². The number of aliphatic carboxylic acids is 1. The van der Waals surface area contributed by atoms with Crippen molar-refractivity contribution in [2.45, 2.75) is 58.0 Å². The van der Waals surface area contributed by atoms with Gasteiger partial charge in [-0.3, -0.25) is 9.69 Å². The first-order valence-electron chi connectivity index (χ1n) is 8.50. The van der Waals surface area contributed by atoms with Gasteiger partial charge < -0.3 is 14.6 Å². The topological polar surface area (TPSA) is 59.0 Å². The molecule has 0 saturated carbocycles. The van der Waals surface area contributed by atoms with E-state index in [4.69, 9.17) is 9.47 Å². The van der Waals surface area contributed by atoms with Crippen LogP contribution in [0.25, 0.3) is 0 Å². The molecule has 0 bridgehead atoms. The summed E-state index contributed by atoms with van der Waals surface area (Å²) in [4.78, 5) is 13.5. The van der Waals surface area contributed by atoms with Crippen LogP contribution >= 0.6 is 0 Å². The molecule has 2 rings (SSSR count). The molecule has 1 aliphatic rings. The molecule has 0 radical (unpaired) electrons. The van der Waals surface area contributed by atoms with Crippen LogP contribution < -0.4 is 9.47 Å². The number of hydrogen-bond acceptors (Lipinski definition) is 4. The van der Waals surface area contributed by atoms with Crippen molar-refractivity contribution in [1.82, 2.24) is 4.90 Å². The largest absolute Gasteiger partial charge is 0.496 e. The number of carboxylic acid groups (broad SMARTS) is 1. The summed E-state index contributed by atoms with van der Waals surface area (Å²) in [6, 6.07) is 3.60. The third-order valence-corrected chi connectivity index (χ3v) is 4.68.